The summed E-state index contributed by atoms with van der Waals surface area (Å²) in [6.45, 7) is 0. The molecule has 1 aliphatic rings. The summed E-state index contributed by atoms with van der Waals surface area (Å²) in [4.78, 5) is 35.8. The molecule has 1 aromatic rings. The molecule has 1 amide bonds. The fraction of sp³-hybridized carbons (Fsp3) is 0.200. The van der Waals surface area contributed by atoms with Crippen molar-refractivity contribution in [3.05, 3.63) is 38.7 Å². The van der Waals surface area contributed by atoms with Gasteiger partial charge in [-0.1, -0.05) is 53.2 Å². The number of aliphatic carboxylic acids is 2. The van der Waals surface area contributed by atoms with E-state index in [1.807, 2.05) is 0 Å². The number of benzene rings is 1. The molecule has 0 spiro atoms. The van der Waals surface area contributed by atoms with E-state index in [-0.39, 0.29) is 15.6 Å². The number of thioether (sulfide) groups is 1. The summed E-state index contributed by atoms with van der Waals surface area (Å²) in [5.41, 5.74) is 0.420. The van der Waals surface area contributed by atoms with Gasteiger partial charge >= 0.3 is 11.9 Å². The quantitative estimate of drug-likeness (QED) is 0.537. The van der Waals surface area contributed by atoms with E-state index in [1.165, 1.54) is 6.08 Å². The van der Waals surface area contributed by atoms with Gasteiger partial charge in [0, 0.05) is 22.0 Å². The first-order valence-corrected chi connectivity index (χ1v) is 8.86. The van der Waals surface area contributed by atoms with Crippen molar-refractivity contribution in [2.75, 3.05) is 0 Å². The lowest BCUT2D eigenvalue weighted by molar-refractivity contribution is -0.146. The number of halogens is 2. The lowest BCUT2D eigenvalue weighted by atomic mass is 10.1. The SMILES string of the molecule is O=C(O)CC[C@@H](C(=O)O)N1C(=O)/C(=C/c2c(Cl)cccc2Cl)SC1=S. The van der Waals surface area contributed by atoms with Crippen molar-refractivity contribution >= 4 is 75.4 Å². The fourth-order valence-corrected chi connectivity index (χ4v) is 4.00. The minimum Gasteiger partial charge on any atom is -0.481 e. The molecule has 1 atom stereocenters. The number of hydrogen-bond acceptors (Lipinski definition) is 5. The van der Waals surface area contributed by atoms with Crippen LogP contribution in [0, 0.1) is 0 Å². The lowest BCUT2D eigenvalue weighted by Gasteiger charge is -2.22. The number of hydrogen-bond donors (Lipinski definition) is 2. The average Bonchev–Trinajstić information content (AvgIpc) is 2.78. The summed E-state index contributed by atoms with van der Waals surface area (Å²) >= 11 is 18.2. The highest BCUT2D eigenvalue weighted by atomic mass is 35.5. The normalized spacial score (nSPS) is 17.2. The highest BCUT2D eigenvalue weighted by molar-refractivity contribution is 8.26. The van der Waals surface area contributed by atoms with Crippen LogP contribution in [0.3, 0.4) is 0 Å². The molecule has 10 heteroatoms. The minimum absolute atomic E-state index is 0.0391. The molecular weight excluding hydrogens is 409 g/mol. The maximum Gasteiger partial charge on any atom is 0.326 e. The average molecular weight is 420 g/mol. The first-order valence-electron chi connectivity index (χ1n) is 6.88. The predicted molar refractivity (Wildman–Crippen MR) is 99.8 cm³/mol. The van der Waals surface area contributed by atoms with Crippen LogP contribution in [-0.4, -0.2) is 43.3 Å². The molecule has 1 aliphatic heterocycles. The molecule has 0 radical (unpaired) electrons. The highest BCUT2D eigenvalue weighted by Gasteiger charge is 2.40. The third kappa shape index (κ3) is 4.52. The van der Waals surface area contributed by atoms with Crippen molar-refractivity contribution in [2.24, 2.45) is 0 Å². The van der Waals surface area contributed by atoms with Crippen molar-refractivity contribution in [1.82, 2.24) is 4.90 Å². The molecule has 0 aromatic heterocycles. The molecule has 132 valence electrons. The Balaban J connectivity index is 2.34. The maximum atomic E-state index is 12.6. The Morgan fingerprint density at radius 1 is 1.28 bits per heavy atom. The van der Waals surface area contributed by atoms with Crippen LogP contribution in [0.4, 0.5) is 0 Å². The minimum atomic E-state index is -1.35. The van der Waals surface area contributed by atoms with E-state index in [2.05, 4.69) is 0 Å². The molecule has 0 aliphatic carbocycles. The Hall–Kier alpha value is -1.61. The van der Waals surface area contributed by atoms with E-state index in [0.29, 0.717) is 15.6 Å². The van der Waals surface area contributed by atoms with Crippen molar-refractivity contribution in [1.29, 1.82) is 0 Å². The zero-order valence-corrected chi connectivity index (χ0v) is 15.6. The van der Waals surface area contributed by atoms with Gasteiger partial charge in [-0.3, -0.25) is 14.5 Å². The van der Waals surface area contributed by atoms with Gasteiger partial charge < -0.3 is 10.2 Å². The van der Waals surface area contributed by atoms with Crippen molar-refractivity contribution in [3.63, 3.8) is 0 Å². The fourth-order valence-electron chi connectivity index (χ4n) is 2.15. The van der Waals surface area contributed by atoms with Crippen LogP contribution in [0.25, 0.3) is 6.08 Å². The Bertz CT molecular complexity index is 776. The third-order valence-electron chi connectivity index (χ3n) is 3.33. The summed E-state index contributed by atoms with van der Waals surface area (Å²) in [7, 11) is 0. The van der Waals surface area contributed by atoms with Crippen LogP contribution in [0.2, 0.25) is 10.0 Å². The number of carboxylic acid groups (broad SMARTS) is 2. The monoisotopic (exact) mass is 419 g/mol. The van der Waals surface area contributed by atoms with Gasteiger partial charge in [-0.15, -0.1) is 0 Å². The first-order chi connectivity index (χ1) is 11.7. The number of thiocarbonyl (C=S) groups is 1. The second kappa shape index (κ2) is 8.18. The summed E-state index contributed by atoms with van der Waals surface area (Å²) in [5.74, 6) is -3.10. The number of rotatable bonds is 6. The highest BCUT2D eigenvalue weighted by Crippen LogP contribution is 2.37. The molecule has 2 rings (SSSR count). The number of carboxylic acids is 2. The lowest BCUT2D eigenvalue weighted by Crippen LogP contribution is -2.44. The Morgan fingerprint density at radius 3 is 2.40 bits per heavy atom. The largest absolute Gasteiger partial charge is 0.481 e. The van der Waals surface area contributed by atoms with Gasteiger partial charge in [0.2, 0.25) is 0 Å². The smallest absolute Gasteiger partial charge is 0.326 e. The molecule has 6 nitrogen and oxygen atoms in total. The maximum absolute atomic E-state index is 12.6. The van der Waals surface area contributed by atoms with E-state index in [4.69, 9.17) is 40.5 Å². The molecule has 1 saturated heterocycles. The molecule has 2 N–H and O–H groups in total. The van der Waals surface area contributed by atoms with Gasteiger partial charge in [-0.2, -0.15) is 0 Å². The van der Waals surface area contributed by atoms with Crippen LogP contribution in [0.15, 0.2) is 23.1 Å². The summed E-state index contributed by atoms with van der Waals surface area (Å²) in [6.07, 6.45) is 0.792. The molecular formula is C15H11Cl2NO5S2. The summed E-state index contributed by atoms with van der Waals surface area (Å²) in [6, 6.07) is 3.51. The van der Waals surface area contributed by atoms with E-state index < -0.39 is 30.3 Å². The van der Waals surface area contributed by atoms with Crippen LogP contribution in [0.5, 0.6) is 0 Å². The van der Waals surface area contributed by atoms with E-state index >= 15 is 0 Å². The zero-order chi connectivity index (χ0) is 18.7. The first kappa shape index (κ1) is 19.7. The van der Waals surface area contributed by atoms with Gasteiger partial charge in [0.1, 0.15) is 10.4 Å². The zero-order valence-electron chi connectivity index (χ0n) is 12.4. The Morgan fingerprint density at radius 2 is 1.88 bits per heavy atom. The number of nitrogens with zero attached hydrogens (tertiary/aromatic N) is 1. The van der Waals surface area contributed by atoms with Crippen molar-refractivity contribution in [3.8, 4) is 0 Å². The van der Waals surface area contributed by atoms with E-state index in [1.54, 1.807) is 18.2 Å². The molecule has 0 saturated carbocycles. The van der Waals surface area contributed by atoms with Crippen molar-refractivity contribution in [2.45, 2.75) is 18.9 Å². The molecule has 1 aromatic carbocycles. The number of carbonyl (C=O) groups is 3. The molecule has 0 bridgehead atoms. The second-order valence-electron chi connectivity index (χ2n) is 4.97. The standard InChI is InChI=1S/C15H11Cl2NO5S2/c16-8-2-1-3-9(17)7(8)6-11-13(21)18(15(24)25-11)10(14(22)23)4-5-12(19)20/h1-3,6,10H,4-5H2,(H,19,20)(H,22,23)/b11-6-/t10-/m0/s1. The van der Waals surface area contributed by atoms with Crippen molar-refractivity contribution < 1.29 is 24.6 Å². The van der Waals surface area contributed by atoms with E-state index in [9.17, 15) is 19.5 Å². The van der Waals surface area contributed by atoms with Crippen LogP contribution in [-0.2, 0) is 14.4 Å². The molecule has 1 fully saturated rings. The van der Waals surface area contributed by atoms with Gasteiger partial charge in [0.15, 0.2) is 0 Å². The molecule has 1 heterocycles. The summed E-state index contributed by atoms with van der Waals surface area (Å²) < 4.78 is 0.0391. The van der Waals surface area contributed by atoms with Crippen LogP contribution in [0.1, 0.15) is 18.4 Å². The van der Waals surface area contributed by atoms with Crippen LogP contribution < -0.4 is 0 Å². The third-order valence-corrected chi connectivity index (χ3v) is 5.32. The summed E-state index contributed by atoms with van der Waals surface area (Å²) in [5, 5.41) is 18.7. The van der Waals surface area contributed by atoms with Gasteiger partial charge in [0.25, 0.3) is 5.91 Å². The predicted octanol–water partition coefficient (Wildman–Crippen LogP) is 3.51. The Kier molecular flexibility index (Phi) is 6.45. The number of carbonyl (C=O) groups excluding carboxylic acids is 1. The van der Waals surface area contributed by atoms with Gasteiger partial charge in [0.05, 0.1) is 4.91 Å². The van der Waals surface area contributed by atoms with Gasteiger partial charge in [-0.05, 0) is 24.6 Å². The van der Waals surface area contributed by atoms with Crippen LogP contribution >= 0.6 is 47.2 Å². The Labute approximate surface area is 162 Å². The second-order valence-corrected chi connectivity index (χ2v) is 7.46. The number of amides is 1. The van der Waals surface area contributed by atoms with E-state index in [0.717, 1.165) is 16.7 Å². The van der Waals surface area contributed by atoms with Gasteiger partial charge in [-0.25, -0.2) is 4.79 Å². The molecule has 0 unspecified atom stereocenters. The topological polar surface area (TPSA) is 94.9 Å². The molecule has 25 heavy (non-hydrogen) atoms.